The molecule has 2 N–H and O–H groups in total. The lowest BCUT2D eigenvalue weighted by atomic mass is 10.1. The first-order valence-electron chi connectivity index (χ1n) is 5.68. The van der Waals surface area contributed by atoms with Crippen LogP contribution in [0.5, 0.6) is 0 Å². The fourth-order valence-corrected chi connectivity index (χ4v) is 1.91. The number of alkyl halides is 3. The van der Waals surface area contributed by atoms with Crippen LogP contribution in [0.25, 0.3) is 0 Å². The minimum Gasteiger partial charge on any atom is -0.362 e. The standard InChI is InChI=1S/C12H11F3N2O3/c13-12(14,15)8-1-2-9(7(3-8)4-16)17-10(18)5-20-6-11(17)19/h1-3H,4-6,16H2. The van der Waals surface area contributed by atoms with Crippen molar-refractivity contribution in [1.29, 1.82) is 0 Å². The van der Waals surface area contributed by atoms with Crippen LogP contribution in [0.3, 0.4) is 0 Å². The Bertz CT molecular complexity index is 541. The van der Waals surface area contributed by atoms with E-state index in [1.165, 1.54) is 0 Å². The van der Waals surface area contributed by atoms with E-state index < -0.39 is 23.6 Å². The summed E-state index contributed by atoms with van der Waals surface area (Å²) in [5.41, 5.74) is 4.67. The molecule has 1 aromatic carbocycles. The summed E-state index contributed by atoms with van der Waals surface area (Å²) in [5.74, 6) is -1.26. The number of morpholine rings is 1. The number of carbonyl (C=O) groups is 2. The summed E-state index contributed by atoms with van der Waals surface area (Å²) in [5, 5.41) is 0. The fourth-order valence-electron chi connectivity index (χ4n) is 1.91. The van der Waals surface area contributed by atoms with Gasteiger partial charge in [-0.2, -0.15) is 13.2 Å². The second kappa shape index (κ2) is 5.22. The van der Waals surface area contributed by atoms with Crippen molar-refractivity contribution in [2.45, 2.75) is 12.7 Å². The van der Waals surface area contributed by atoms with Crippen LogP contribution in [0.4, 0.5) is 18.9 Å². The molecule has 5 nitrogen and oxygen atoms in total. The third-order valence-corrected chi connectivity index (χ3v) is 2.82. The molecule has 1 fully saturated rings. The molecule has 0 saturated carbocycles. The molecule has 1 heterocycles. The number of imide groups is 1. The molecule has 0 unspecified atom stereocenters. The van der Waals surface area contributed by atoms with Crippen LogP contribution in [0.2, 0.25) is 0 Å². The first-order valence-corrected chi connectivity index (χ1v) is 5.68. The highest BCUT2D eigenvalue weighted by atomic mass is 19.4. The Labute approximate surface area is 112 Å². The van der Waals surface area contributed by atoms with Gasteiger partial charge < -0.3 is 10.5 Å². The van der Waals surface area contributed by atoms with Crippen LogP contribution in [0, 0.1) is 0 Å². The van der Waals surface area contributed by atoms with E-state index in [1.807, 2.05) is 0 Å². The summed E-state index contributed by atoms with van der Waals surface area (Å²) in [6.45, 7) is -0.815. The monoisotopic (exact) mass is 288 g/mol. The zero-order valence-corrected chi connectivity index (χ0v) is 10.2. The molecule has 0 aromatic heterocycles. The summed E-state index contributed by atoms with van der Waals surface area (Å²) in [7, 11) is 0. The summed E-state index contributed by atoms with van der Waals surface area (Å²) < 4.78 is 42.6. The zero-order valence-electron chi connectivity index (χ0n) is 10.2. The van der Waals surface area contributed by atoms with Gasteiger partial charge in [-0.05, 0) is 23.8 Å². The van der Waals surface area contributed by atoms with Crippen LogP contribution in [0.15, 0.2) is 18.2 Å². The average Bonchev–Trinajstić information content (AvgIpc) is 2.37. The van der Waals surface area contributed by atoms with Crippen molar-refractivity contribution in [2.75, 3.05) is 18.1 Å². The predicted molar refractivity (Wildman–Crippen MR) is 62.6 cm³/mol. The Kier molecular flexibility index (Phi) is 3.78. The van der Waals surface area contributed by atoms with E-state index in [2.05, 4.69) is 0 Å². The number of halogens is 3. The third-order valence-electron chi connectivity index (χ3n) is 2.82. The normalized spacial score (nSPS) is 16.7. The lowest BCUT2D eigenvalue weighted by Crippen LogP contribution is -2.46. The summed E-state index contributed by atoms with van der Waals surface area (Å²) in [4.78, 5) is 24.2. The van der Waals surface area contributed by atoms with Crippen LogP contribution in [-0.4, -0.2) is 25.0 Å². The average molecular weight is 288 g/mol. The second-order valence-electron chi connectivity index (χ2n) is 4.16. The van der Waals surface area contributed by atoms with Crippen molar-refractivity contribution >= 4 is 17.5 Å². The van der Waals surface area contributed by atoms with Gasteiger partial charge in [0.15, 0.2) is 0 Å². The molecule has 2 amide bonds. The smallest absolute Gasteiger partial charge is 0.362 e. The lowest BCUT2D eigenvalue weighted by molar-refractivity contribution is -0.138. The molecule has 1 aliphatic heterocycles. The number of hydrogen-bond donors (Lipinski definition) is 1. The van der Waals surface area contributed by atoms with E-state index in [0.29, 0.717) is 0 Å². The fraction of sp³-hybridized carbons (Fsp3) is 0.333. The largest absolute Gasteiger partial charge is 0.416 e. The first-order chi connectivity index (χ1) is 9.34. The quantitative estimate of drug-likeness (QED) is 0.826. The van der Waals surface area contributed by atoms with Crippen LogP contribution in [-0.2, 0) is 27.0 Å². The number of rotatable bonds is 2. The van der Waals surface area contributed by atoms with Crippen LogP contribution < -0.4 is 10.6 Å². The maximum Gasteiger partial charge on any atom is 0.416 e. The summed E-state index contributed by atoms with van der Waals surface area (Å²) >= 11 is 0. The van der Waals surface area contributed by atoms with Gasteiger partial charge >= 0.3 is 6.18 Å². The van der Waals surface area contributed by atoms with Gasteiger partial charge in [-0.1, -0.05) is 0 Å². The zero-order chi connectivity index (χ0) is 14.9. The Morgan fingerprint density at radius 2 is 1.80 bits per heavy atom. The summed E-state index contributed by atoms with van der Waals surface area (Å²) in [6.07, 6.45) is -4.51. The topological polar surface area (TPSA) is 72.6 Å². The number of nitrogens with zero attached hydrogens (tertiary/aromatic N) is 1. The number of benzene rings is 1. The predicted octanol–water partition coefficient (Wildman–Crippen LogP) is 1.05. The Balaban J connectivity index is 2.46. The molecule has 1 aromatic rings. The van der Waals surface area contributed by atoms with Gasteiger partial charge in [-0.25, -0.2) is 4.90 Å². The number of ether oxygens (including phenoxy) is 1. The highest BCUT2D eigenvalue weighted by Gasteiger charge is 2.33. The van der Waals surface area contributed by atoms with Gasteiger partial charge in [-0.3, -0.25) is 9.59 Å². The molecular formula is C12H11F3N2O3. The number of amides is 2. The van der Waals surface area contributed by atoms with Crippen molar-refractivity contribution < 1.29 is 27.5 Å². The highest BCUT2D eigenvalue weighted by molar-refractivity contribution is 6.17. The maximum atomic E-state index is 12.6. The first kappa shape index (κ1) is 14.5. The van der Waals surface area contributed by atoms with Gasteiger partial charge in [0.25, 0.3) is 11.8 Å². The molecule has 0 radical (unpaired) electrons. The molecule has 0 aliphatic carbocycles. The van der Waals surface area contributed by atoms with Crippen molar-refractivity contribution in [3.63, 3.8) is 0 Å². The van der Waals surface area contributed by atoms with Gasteiger partial charge in [-0.15, -0.1) is 0 Å². The van der Waals surface area contributed by atoms with Gasteiger partial charge in [0, 0.05) is 6.54 Å². The van der Waals surface area contributed by atoms with Crippen molar-refractivity contribution in [3.05, 3.63) is 29.3 Å². The van der Waals surface area contributed by atoms with E-state index in [4.69, 9.17) is 10.5 Å². The number of nitrogens with two attached hydrogens (primary N) is 1. The Morgan fingerprint density at radius 1 is 1.20 bits per heavy atom. The van der Waals surface area contributed by atoms with Gasteiger partial charge in [0.1, 0.15) is 13.2 Å². The van der Waals surface area contributed by atoms with Gasteiger partial charge in [0.2, 0.25) is 0 Å². The molecule has 8 heteroatoms. The molecule has 1 aliphatic rings. The van der Waals surface area contributed by atoms with E-state index >= 15 is 0 Å². The van der Waals surface area contributed by atoms with Crippen LogP contribution >= 0.6 is 0 Å². The van der Waals surface area contributed by atoms with E-state index in [9.17, 15) is 22.8 Å². The van der Waals surface area contributed by atoms with Crippen LogP contribution in [0.1, 0.15) is 11.1 Å². The molecule has 108 valence electrons. The number of carbonyl (C=O) groups excluding carboxylic acids is 2. The minimum absolute atomic E-state index is 0.0683. The molecule has 0 atom stereocenters. The van der Waals surface area contributed by atoms with Crippen molar-refractivity contribution in [3.8, 4) is 0 Å². The van der Waals surface area contributed by atoms with E-state index in [-0.39, 0.29) is 31.0 Å². The Hall–Kier alpha value is -1.93. The molecule has 0 bridgehead atoms. The SMILES string of the molecule is NCc1cc(C(F)(F)F)ccc1N1C(=O)COCC1=O. The minimum atomic E-state index is -4.51. The molecule has 2 rings (SSSR count). The highest BCUT2D eigenvalue weighted by Crippen LogP contribution is 2.33. The number of hydrogen-bond acceptors (Lipinski definition) is 4. The second-order valence-corrected chi connectivity index (χ2v) is 4.16. The Morgan fingerprint density at radius 3 is 2.30 bits per heavy atom. The molecular weight excluding hydrogens is 277 g/mol. The number of anilines is 1. The van der Waals surface area contributed by atoms with E-state index in [1.54, 1.807) is 0 Å². The summed E-state index contributed by atoms with van der Waals surface area (Å²) in [6, 6.07) is 2.72. The molecule has 0 spiro atoms. The lowest BCUT2D eigenvalue weighted by Gasteiger charge is -2.27. The third kappa shape index (κ3) is 2.66. The van der Waals surface area contributed by atoms with E-state index in [0.717, 1.165) is 23.1 Å². The van der Waals surface area contributed by atoms with Crippen molar-refractivity contribution in [2.24, 2.45) is 5.73 Å². The van der Waals surface area contributed by atoms with Crippen molar-refractivity contribution in [1.82, 2.24) is 0 Å². The molecule has 20 heavy (non-hydrogen) atoms. The molecule has 1 saturated heterocycles. The van der Waals surface area contributed by atoms with Gasteiger partial charge in [0.05, 0.1) is 11.3 Å². The maximum absolute atomic E-state index is 12.6.